The average molecular weight is 194 g/mol. The average Bonchev–Trinajstić information content (AvgIpc) is 1.94. The van der Waals surface area contributed by atoms with Gasteiger partial charge in [-0.3, -0.25) is 0 Å². The van der Waals surface area contributed by atoms with Crippen LogP contribution in [0.25, 0.3) is 0 Å². The number of hydrogen-bond donors (Lipinski definition) is 0. The molecule has 0 bridgehead atoms. The minimum Gasteiger partial charge on any atom is -0.171 e. The predicted octanol–water partition coefficient (Wildman–Crippen LogP) is 4.01. The van der Waals surface area contributed by atoms with Gasteiger partial charge in [0.15, 0.2) is 0 Å². The quantitative estimate of drug-likeness (QED) is 0.591. The molecule has 1 rings (SSSR count). The van der Waals surface area contributed by atoms with E-state index in [0.717, 1.165) is 19.3 Å². The van der Waals surface area contributed by atoms with Gasteiger partial charge in [-0.05, 0) is 30.6 Å². The van der Waals surface area contributed by atoms with E-state index in [1.165, 1.54) is 0 Å². The van der Waals surface area contributed by atoms with Crippen molar-refractivity contribution < 1.29 is 13.2 Å². The molecular formula is C10H17F3. The van der Waals surface area contributed by atoms with E-state index >= 15 is 0 Å². The second-order valence-corrected chi connectivity index (χ2v) is 4.45. The number of hydrogen-bond acceptors (Lipinski definition) is 0. The highest BCUT2D eigenvalue weighted by Crippen LogP contribution is 2.38. The summed E-state index contributed by atoms with van der Waals surface area (Å²) in [5.41, 5.74) is 0. The van der Waals surface area contributed by atoms with Gasteiger partial charge in [0.05, 0.1) is 0 Å². The monoisotopic (exact) mass is 194 g/mol. The van der Waals surface area contributed by atoms with E-state index in [0.29, 0.717) is 11.8 Å². The smallest absolute Gasteiger partial charge is 0.171 e. The third kappa shape index (κ3) is 3.57. The Morgan fingerprint density at radius 3 is 2.15 bits per heavy atom. The fourth-order valence-electron chi connectivity index (χ4n) is 2.17. The Hall–Kier alpha value is -0.210. The van der Waals surface area contributed by atoms with Gasteiger partial charge < -0.3 is 0 Å². The minimum atomic E-state index is -3.97. The second kappa shape index (κ2) is 3.89. The molecule has 13 heavy (non-hydrogen) atoms. The largest absolute Gasteiger partial charge is 0.389 e. The molecular weight excluding hydrogens is 177 g/mol. The first-order valence-corrected chi connectivity index (χ1v) is 4.95. The summed E-state index contributed by atoms with van der Waals surface area (Å²) in [6, 6.07) is 0. The molecule has 1 fully saturated rings. The van der Waals surface area contributed by atoms with Crippen molar-refractivity contribution >= 4 is 0 Å². The van der Waals surface area contributed by atoms with Crippen molar-refractivity contribution in [2.75, 3.05) is 0 Å². The Labute approximate surface area is 77.5 Å². The molecule has 0 heterocycles. The van der Waals surface area contributed by atoms with Crippen LogP contribution in [0, 0.1) is 17.8 Å². The van der Waals surface area contributed by atoms with Crippen molar-refractivity contribution in [1.82, 2.24) is 0 Å². The highest BCUT2D eigenvalue weighted by atomic mass is 19.4. The SMILES string of the molecule is CC1CCC(CC(F)(F)F)CC1C. The van der Waals surface area contributed by atoms with E-state index in [4.69, 9.17) is 0 Å². The van der Waals surface area contributed by atoms with Crippen LogP contribution in [0.2, 0.25) is 0 Å². The maximum Gasteiger partial charge on any atom is 0.389 e. The number of halogens is 3. The molecule has 1 saturated carbocycles. The van der Waals surface area contributed by atoms with Crippen LogP contribution in [-0.2, 0) is 0 Å². The van der Waals surface area contributed by atoms with E-state index in [2.05, 4.69) is 13.8 Å². The molecule has 0 radical (unpaired) electrons. The molecule has 3 unspecified atom stereocenters. The minimum absolute atomic E-state index is 0.119. The first-order chi connectivity index (χ1) is 5.88. The standard InChI is InChI=1S/C10H17F3/c1-7-3-4-9(5-8(7)2)6-10(11,12)13/h7-9H,3-6H2,1-2H3. The lowest BCUT2D eigenvalue weighted by Gasteiger charge is -2.32. The highest BCUT2D eigenvalue weighted by molar-refractivity contribution is 4.76. The van der Waals surface area contributed by atoms with Gasteiger partial charge in [0.25, 0.3) is 0 Å². The molecule has 0 N–H and O–H groups in total. The molecule has 3 heteroatoms. The maximum absolute atomic E-state index is 12.1. The maximum atomic E-state index is 12.1. The van der Waals surface area contributed by atoms with E-state index in [1.807, 2.05) is 0 Å². The third-order valence-electron chi connectivity index (χ3n) is 3.23. The van der Waals surface area contributed by atoms with Gasteiger partial charge in [0, 0.05) is 6.42 Å². The lowest BCUT2D eigenvalue weighted by atomic mass is 9.75. The molecule has 0 aromatic rings. The van der Waals surface area contributed by atoms with Crippen LogP contribution in [0.4, 0.5) is 13.2 Å². The summed E-state index contributed by atoms with van der Waals surface area (Å²) < 4.78 is 36.2. The van der Waals surface area contributed by atoms with Crippen LogP contribution in [0.5, 0.6) is 0 Å². The molecule has 0 nitrogen and oxygen atoms in total. The zero-order valence-electron chi connectivity index (χ0n) is 8.19. The first kappa shape index (κ1) is 10.9. The van der Waals surface area contributed by atoms with Gasteiger partial charge in [0.1, 0.15) is 0 Å². The molecule has 3 atom stereocenters. The Morgan fingerprint density at radius 1 is 1.08 bits per heavy atom. The lowest BCUT2D eigenvalue weighted by Crippen LogP contribution is -2.24. The highest BCUT2D eigenvalue weighted by Gasteiger charge is 2.35. The van der Waals surface area contributed by atoms with E-state index in [1.54, 1.807) is 0 Å². The van der Waals surface area contributed by atoms with Crippen molar-refractivity contribution in [2.24, 2.45) is 17.8 Å². The molecule has 0 aromatic heterocycles. The molecule has 0 aliphatic heterocycles. The van der Waals surface area contributed by atoms with Crippen molar-refractivity contribution in [3.63, 3.8) is 0 Å². The van der Waals surface area contributed by atoms with Gasteiger partial charge in [0.2, 0.25) is 0 Å². The topological polar surface area (TPSA) is 0 Å². The van der Waals surface area contributed by atoms with Crippen molar-refractivity contribution in [2.45, 2.75) is 45.7 Å². The Kier molecular flexibility index (Phi) is 3.25. The van der Waals surface area contributed by atoms with Gasteiger partial charge in [-0.25, -0.2) is 0 Å². The summed E-state index contributed by atoms with van der Waals surface area (Å²) in [4.78, 5) is 0. The summed E-state index contributed by atoms with van der Waals surface area (Å²) in [5.74, 6) is 0.941. The summed E-state index contributed by atoms with van der Waals surface area (Å²) >= 11 is 0. The number of alkyl halides is 3. The summed E-state index contributed by atoms with van der Waals surface area (Å²) in [6.45, 7) is 4.20. The molecule has 0 spiro atoms. The normalized spacial score (nSPS) is 36.2. The van der Waals surface area contributed by atoms with Crippen molar-refractivity contribution in [3.05, 3.63) is 0 Å². The Morgan fingerprint density at radius 2 is 1.69 bits per heavy atom. The van der Waals surface area contributed by atoms with Gasteiger partial charge in [-0.1, -0.05) is 20.3 Å². The predicted molar refractivity (Wildman–Crippen MR) is 46.3 cm³/mol. The van der Waals surface area contributed by atoms with Crippen molar-refractivity contribution in [3.8, 4) is 0 Å². The van der Waals surface area contributed by atoms with Crippen molar-refractivity contribution in [1.29, 1.82) is 0 Å². The summed E-state index contributed by atoms with van der Waals surface area (Å²) in [5, 5.41) is 0. The van der Waals surface area contributed by atoms with Gasteiger partial charge in [-0.15, -0.1) is 0 Å². The Bertz CT molecular complexity index is 162. The van der Waals surface area contributed by atoms with Crippen LogP contribution in [0.3, 0.4) is 0 Å². The molecule has 0 amide bonds. The van der Waals surface area contributed by atoms with E-state index in [-0.39, 0.29) is 5.92 Å². The summed E-state index contributed by atoms with van der Waals surface area (Å²) in [6.07, 6.45) is -2.08. The lowest BCUT2D eigenvalue weighted by molar-refractivity contribution is -0.148. The van der Waals surface area contributed by atoms with Crippen LogP contribution < -0.4 is 0 Å². The Balaban J connectivity index is 2.38. The number of rotatable bonds is 1. The first-order valence-electron chi connectivity index (χ1n) is 4.95. The van der Waals surface area contributed by atoms with Crippen LogP contribution in [-0.4, -0.2) is 6.18 Å². The second-order valence-electron chi connectivity index (χ2n) is 4.45. The van der Waals surface area contributed by atoms with Crippen LogP contribution >= 0.6 is 0 Å². The van der Waals surface area contributed by atoms with Gasteiger partial charge in [-0.2, -0.15) is 13.2 Å². The van der Waals surface area contributed by atoms with Crippen LogP contribution in [0.1, 0.15) is 39.5 Å². The molecule has 78 valence electrons. The molecule has 0 aromatic carbocycles. The zero-order chi connectivity index (χ0) is 10.1. The third-order valence-corrected chi connectivity index (χ3v) is 3.23. The van der Waals surface area contributed by atoms with Crippen LogP contribution in [0.15, 0.2) is 0 Å². The molecule has 1 aliphatic rings. The zero-order valence-corrected chi connectivity index (χ0v) is 8.19. The molecule has 1 aliphatic carbocycles. The van der Waals surface area contributed by atoms with E-state index < -0.39 is 12.6 Å². The van der Waals surface area contributed by atoms with E-state index in [9.17, 15) is 13.2 Å². The fraction of sp³-hybridized carbons (Fsp3) is 1.00. The fourth-order valence-corrected chi connectivity index (χ4v) is 2.17. The van der Waals surface area contributed by atoms with Gasteiger partial charge >= 0.3 is 6.18 Å². The molecule has 0 saturated heterocycles. The summed E-state index contributed by atoms with van der Waals surface area (Å²) in [7, 11) is 0.